The van der Waals surface area contributed by atoms with Gasteiger partial charge in [-0.3, -0.25) is 9.59 Å². The smallest absolute Gasteiger partial charge is 0.406 e. The number of hydrogen-bond donors (Lipinski definition) is 3. The third-order valence-corrected chi connectivity index (χ3v) is 4.85. The van der Waals surface area contributed by atoms with Gasteiger partial charge in [-0.05, 0) is 42.3 Å². The second-order valence-electron chi connectivity index (χ2n) is 7.88. The lowest BCUT2D eigenvalue weighted by atomic mass is 10.2. The SMILES string of the molecule is C[C@H](N)C(=O)NCc1cccc(-n2nc(C(F)(F)F)cc2C(=O)NCc2cccc(OC(F)(F)F)c2)c1. The monoisotopic (exact) mass is 529 g/mol. The van der Waals surface area contributed by atoms with E-state index in [1.165, 1.54) is 37.3 Å². The molecule has 0 saturated heterocycles. The standard InChI is InChI=1S/C23H21F6N5O3/c1-13(30)20(35)31-11-14-4-2-6-16(8-14)34-18(10-19(33-34)22(24,25)26)21(36)32-12-15-5-3-7-17(9-15)37-23(27,28)29/h2-10,13H,11-12,30H2,1H3,(H,31,35)(H,32,36)/t13-/m0/s1. The summed E-state index contributed by atoms with van der Waals surface area (Å²) < 4.78 is 82.1. The van der Waals surface area contributed by atoms with E-state index in [9.17, 15) is 35.9 Å². The van der Waals surface area contributed by atoms with Crippen molar-refractivity contribution in [3.05, 3.63) is 77.1 Å². The Balaban J connectivity index is 1.84. The van der Waals surface area contributed by atoms with Crippen LogP contribution in [0.2, 0.25) is 0 Å². The number of amides is 2. The summed E-state index contributed by atoms with van der Waals surface area (Å²) in [6, 6.07) is 10.5. The van der Waals surface area contributed by atoms with Gasteiger partial charge in [-0.25, -0.2) is 4.68 Å². The minimum Gasteiger partial charge on any atom is -0.406 e. The molecule has 14 heteroatoms. The van der Waals surface area contributed by atoms with E-state index in [0.717, 1.165) is 16.8 Å². The molecule has 4 N–H and O–H groups in total. The van der Waals surface area contributed by atoms with Crippen LogP contribution in [0.3, 0.4) is 0 Å². The number of carbonyl (C=O) groups is 2. The van der Waals surface area contributed by atoms with Crippen molar-refractivity contribution in [3.8, 4) is 11.4 Å². The van der Waals surface area contributed by atoms with E-state index < -0.39 is 47.5 Å². The summed E-state index contributed by atoms with van der Waals surface area (Å²) in [4.78, 5) is 24.5. The Morgan fingerprint density at radius 3 is 2.22 bits per heavy atom. The molecule has 0 spiro atoms. The van der Waals surface area contributed by atoms with Crippen LogP contribution in [0.1, 0.15) is 34.2 Å². The first-order chi connectivity index (χ1) is 17.2. The van der Waals surface area contributed by atoms with Crippen LogP contribution >= 0.6 is 0 Å². The van der Waals surface area contributed by atoms with Crippen molar-refractivity contribution in [3.63, 3.8) is 0 Å². The largest absolute Gasteiger partial charge is 0.573 e. The van der Waals surface area contributed by atoms with Gasteiger partial charge in [0.2, 0.25) is 5.91 Å². The Kier molecular flexibility index (Phi) is 8.11. The van der Waals surface area contributed by atoms with E-state index in [1.54, 1.807) is 6.07 Å². The summed E-state index contributed by atoms with van der Waals surface area (Å²) in [6.07, 6.45) is -9.77. The molecular formula is C23H21F6N5O3. The topological polar surface area (TPSA) is 111 Å². The van der Waals surface area contributed by atoms with Crippen molar-refractivity contribution in [1.82, 2.24) is 20.4 Å². The van der Waals surface area contributed by atoms with Gasteiger partial charge < -0.3 is 21.1 Å². The summed E-state index contributed by atoms with van der Waals surface area (Å²) in [5, 5.41) is 8.47. The number of carbonyl (C=O) groups excluding carboxylic acids is 2. The summed E-state index contributed by atoms with van der Waals surface area (Å²) >= 11 is 0. The summed E-state index contributed by atoms with van der Waals surface area (Å²) in [7, 11) is 0. The number of halogens is 6. The number of nitrogens with two attached hydrogens (primary N) is 1. The second kappa shape index (κ2) is 10.9. The molecule has 1 aromatic heterocycles. The highest BCUT2D eigenvalue weighted by molar-refractivity contribution is 5.93. The molecule has 1 heterocycles. The molecule has 0 bridgehead atoms. The molecule has 2 amide bonds. The maximum atomic E-state index is 13.4. The molecule has 1 atom stereocenters. The van der Waals surface area contributed by atoms with Crippen LogP contribution in [0.25, 0.3) is 5.69 Å². The minimum absolute atomic E-state index is 0.0273. The van der Waals surface area contributed by atoms with E-state index in [-0.39, 0.29) is 24.3 Å². The Labute approximate surface area is 206 Å². The van der Waals surface area contributed by atoms with Gasteiger partial charge in [0, 0.05) is 19.2 Å². The normalized spacial score (nSPS) is 12.6. The van der Waals surface area contributed by atoms with Crippen molar-refractivity contribution in [2.45, 2.75) is 38.6 Å². The quantitative estimate of drug-likeness (QED) is 0.386. The molecule has 0 radical (unpaired) electrons. The van der Waals surface area contributed by atoms with Crippen LogP contribution in [-0.4, -0.2) is 34.0 Å². The van der Waals surface area contributed by atoms with Gasteiger partial charge >= 0.3 is 12.5 Å². The third kappa shape index (κ3) is 7.70. The van der Waals surface area contributed by atoms with Gasteiger partial charge in [-0.2, -0.15) is 18.3 Å². The number of benzene rings is 2. The molecule has 8 nitrogen and oxygen atoms in total. The summed E-state index contributed by atoms with van der Waals surface area (Å²) in [6.45, 7) is 1.21. The maximum Gasteiger partial charge on any atom is 0.573 e. The lowest BCUT2D eigenvalue weighted by Crippen LogP contribution is -2.37. The molecule has 0 aliphatic heterocycles. The highest BCUT2D eigenvalue weighted by Crippen LogP contribution is 2.30. The number of aromatic nitrogens is 2. The zero-order chi connectivity index (χ0) is 27.4. The number of hydrogen-bond acceptors (Lipinski definition) is 5. The molecule has 198 valence electrons. The van der Waals surface area contributed by atoms with Crippen molar-refractivity contribution in [1.29, 1.82) is 0 Å². The summed E-state index contributed by atoms with van der Waals surface area (Å²) in [5.74, 6) is -1.91. The van der Waals surface area contributed by atoms with Crippen molar-refractivity contribution in [2.75, 3.05) is 0 Å². The summed E-state index contributed by atoms with van der Waals surface area (Å²) in [5.41, 5.74) is 4.52. The fourth-order valence-electron chi connectivity index (χ4n) is 3.15. The average Bonchev–Trinajstić information content (AvgIpc) is 3.27. The first-order valence-corrected chi connectivity index (χ1v) is 10.7. The molecule has 2 aromatic carbocycles. The second-order valence-corrected chi connectivity index (χ2v) is 7.88. The zero-order valence-corrected chi connectivity index (χ0v) is 19.2. The van der Waals surface area contributed by atoms with Gasteiger partial charge in [0.25, 0.3) is 5.91 Å². The fourth-order valence-corrected chi connectivity index (χ4v) is 3.15. The van der Waals surface area contributed by atoms with Crippen LogP contribution in [0.15, 0.2) is 54.6 Å². The van der Waals surface area contributed by atoms with Crippen LogP contribution in [-0.2, 0) is 24.1 Å². The molecular weight excluding hydrogens is 508 g/mol. The number of ether oxygens (including phenoxy) is 1. The number of alkyl halides is 6. The third-order valence-electron chi connectivity index (χ3n) is 4.85. The van der Waals surface area contributed by atoms with E-state index >= 15 is 0 Å². The first-order valence-electron chi connectivity index (χ1n) is 10.7. The molecule has 0 saturated carbocycles. The molecule has 3 rings (SSSR count). The van der Waals surface area contributed by atoms with Gasteiger partial charge in [0.15, 0.2) is 5.69 Å². The Bertz CT molecular complexity index is 1270. The van der Waals surface area contributed by atoms with Crippen LogP contribution in [0.5, 0.6) is 5.75 Å². The van der Waals surface area contributed by atoms with E-state index in [4.69, 9.17) is 5.73 Å². The zero-order valence-electron chi connectivity index (χ0n) is 19.2. The van der Waals surface area contributed by atoms with Gasteiger partial charge in [-0.1, -0.05) is 24.3 Å². The number of nitrogens with one attached hydrogen (secondary N) is 2. The highest BCUT2D eigenvalue weighted by Gasteiger charge is 2.36. The Hall–Kier alpha value is -4.07. The minimum atomic E-state index is -4.91. The molecule has 3 aromatic rings. The number of rotatable bonds is 8. The molecule has 0 aliphatic carbocycles. The van der Waals surface area contributed by atoms with Gasteiger partial charge in [0.05, 0.1) is 11.7 Å². The molecule has 0 unspecified atom stereocenters. The lowest BCUT2D eigenvalue weighted by Gasteiger charge is -2.12. The van der Waals surface area contributed by atoms with Crippen molar-refractivity contribution in [2.24, 2.45) is 5.73 Å². The average molecular weight is 529 g/mol. The van der Waals surface area contributed by atoms with Crippen LogP contribution < -0.4 is 21.1 Å². The molecule has 0 fully saturated rings. The number of nitrogens with zero attached hydrogens (tertiary/aromatic N) is 2. The molecule has 37 heavy (non-hydrogen) atoms. The Morgan fingerprint density at radius 2 is 1.59 bits per heavy atom. The van der Waals surface area contributed by atoms with E-state index in [0.29, 0.717) is 11.6 Å². The van der Waals surface area contributed by atoms with E-state index in [2.05, 4.69) is 20.5 Å². The fraction of sp³-hybridized carbons (Fsp3) is 0.261. The highest BCUT2D eigenvalue weighted by atomic mass is 19.4. The van der Waals surface area contributed by atoms with Gasteiger partial charge in [0.1, 0.15) is 11.4 Å². The van der Waals surface area contributed by atoms with Gasteiger partial charge in [-0.15, -0.1) is 13.2 Å². The predicted molar refractivity (Wildman–Crippen MR) is 118 cm³/mol. The van der Waals surface area contributed by atoms with Crippen molar-refractivity contribution >= 4 is 11.8 Å². The predicted octanol–water partition coefficient (Wildman–Crippen LogP) is 3.68. The van der Waals surface area contributed by atoms with Crippen LogP contribution in [0, 0.1) is 0 Å². The maximum absolute atomic E-state index is 13.4. The first kappa shape index (κ1) is 27.5. The van der Waals surface area contributed by atoms with Crippen molar-refractivity contribution < 1.29 is 40.7 Å². The molecule has 0 aliphatic rings. The van der Waals surface area contributed by atoms with E-state index in [1.807, 2.05) is 0 Å². The lowest BCUT2D eigenvalue weighted by molar-refractivity contribution is -0.274. The van der Waals surface area contributed by atoms with Crippen LogP contribution in [0.4, 0.5) is 26.3 Å². The Morgan fingerprint density at radius 1 is 0.973 bits per heavy atom.